The second-order valence-electron chi connectivity index (χ2n) is 7.38. The van der Waals surface area contributed by atoms with Crippen LogP contribution in [0.1, 0.15) is 32.8 Å². The van der Waals surface area contributed by atoms with Gasteiger partial charge >= 0.3 is 12.1 Å². The fourth-order valence-electron chi connectivity index (χ4n) is 2.60. The minimum atomic E-state index is -0.947. The van der Waals surface area contributed by atoms with Crippen molar-refractivity contribution in [1.29, 1.82) is 0 Å². The summed E-state index contributed by atoms with van der Waals surface area (Å²) in [5.74, 6) is -2.51. The van der Waals surface area contributed by atoms with Crippen molar-refractivity contribution < 1.29 is 33.4 Å². The molecule has 1 rings (SSSR count). The Bertz CT molecular complexity index is 816. The topological polar surface area (TPSA) is 152 Å². The van der Waals surface area contributed by atoms with E-state index in [0.717, 1.165) is 5.56 Å². The lowest BCUT2D eigenvalue weighted by molar-refractivity contribution is -0.146. The van der Waals surface area contributed by atoms with Crippen molar-refractivity contribution >= 4 is 29.8 Å². The van der Waals surface area contributed by atoms with Crippen molar-refractivity contribution in [3.63, 3.8) is 0 Å². The molecular formula is C22H32N4O7. The summed E-state index contributed by atoms with van der Waals surface area (Å²) >= 11 is 0. The van der Waals surface area contributed by atoms with Gasteiger partial charge in [-0.1, -0.05) is 50.6 Å². The molecule has 3 atom stereocenters. The summed E-state index contributed by atoms with van der Waals surface area (Å²) in [5, 5.41) is 9.60. The van der Waals surface area contributed by atoms with Gasteiger partial charge in [0.2, 0.25) is 17.7 Å². The maximum atomic E-state index is 12.3. The quantitative estimate of drug-likeness (QED) is 0.323. The van der Waals surface area contributed by atoms with Crippen molar-refractivity contribution in [2.24, 2.45) is 5.92 Å². The largest absolute Gasteiger partial charge is 0.467 e. The first-order chi connectivity index (χ1) is 15.7. The number of rotatable bonds is 12. The predicted molar refractivity (Wildman–Crippen MR) is 119 cm³/mol. The molecule has 182 valence electrons. The number of hydrogen-bond donors (Lipinski definition) is 4. The fraction of sp³-hybridized carbons (Fsp3) is 0.500. The van der Waals surface area contributed by atoms with Crippen molar-refractivity contribution in [3.05, 3.63) is 35.9 Å². The second-order valence-corrected chi connectivity index (χ2v) is 7.38. The maximum Gasteiger partial charge on any atom is 0.407 e. The van der Waals surface area contributed by atoms with E-state index in [2.05, 4.69) is 21.3 Å². The maximum absolute atomic E-state index is 12.3. The first-order valence-electron chi connectivity index (χ1n) is 10.6. The minimum Gasteiger partial charge on any atom is -0.467 e. The van der Waals surface area contributed by atoms with Crippen molar-refractivity contribution in [3.8, 4) is 0 Å². The van der Waals surface area contributed by atoms with Gasteiger partial charge < -0.3 is 30.7 Å². The molecule has 1 aromatic rings. The average molecular weight is 465 g/mol. The van der Waals surface area contributed by atoms with Crippen molar-refractivity contribution in [2.75, 3.05) is 20.2 Å². The summed E-state index contributed by atoms with van der Waals surface area (Å²) in [6.45, 7) is 4.40. The Kier molecular flexibility index (Phi) is 12.0. The summed E-state index contributed by atoms with van der Waals surface area (Å²) in [7, 11) is 1.23. The Labute approximate surface area is 193 Å². The number of benzene rings is 1. The molecule has 0 heterocycles. The zero-order chi connectivity index (χ0) is 24.8. The van der Waals surface area contributed by atoms with Gasteiger partial charge in [0.1, 0.15) is 25.2 Å². The third-order valence-electron chi connectivity index (χ3n) is 4.79. The normalized spacial score (nSPS) is 13.0. The predicted octanol–water partition coefficient (Wildman–Crippen LogP) is 0.238. The Morgan fingerprint density at radius 2 is 1.55 bits per heavy atom. The van der Waals surface area contributed by atoms with Gasteiger partial charge in [-0.2, -0.15) is 0 Å². The molecule has 0 aliphatic heterocycles. The fourth-order valence-corrected chi connectivity index (χ4v) is 2.60. The van der Waals surface area contributed by atoms with Crippen molar-refractivity contribution in [1.82, 2.24) is 21.3 Å². The highest BCUT2D eigenvalue weighted by Gasteiger charge is 2.28. The molecule has 4 amide bonds. The monoisotopic (exact) mass is 464 g/mol. The van der Waals surface area contributed by atoms with E-state index in [-0.39, 0.29) is 19.1 Å². The summed E-state index contributed by atoms with van der Waals surface area (Å²) in [6.07, 6.45) is -0.133. The number of alkyl carbamates (subject to hydrolysis) is 1. The Balaban J connectivity index is 2.33. The van der Waals surface area contributed by atoms with Gasteiger partial charge in [-0.3, -0.25) is 14.4 Å². The third-order valence-corrected chi connectivity index (χ3v) is 4.79. The van der Waals surface area contributed by atoms with E-state index in [1.54, 1.807) is 19.1 Å². The molecule has 0 radical (unpaired) electrons. The van der Waals surface area contributed by atoms with Crippen LogP contribution in [0.15, 0.2) is 30.3 Å². The summed E-state index contributed by atoms with van der Waals surface area (Å²) in [4.78, 5) is 59.7. The number of hydrogen-bond acceptors (Lipinski definition) is 7. The van der Waals surface area contributed by atoms with E-state index in [4.69, 9.17) is 9.47 Å². The molecule has 0 aliphatic rings. The molecule has 33 heavy (non-hydrogen) atoms. The third kappa shape index (κ3) is 10.5. The number of amides is 4. The number of carbonyl (C=O) groups is 5. The van der Waals surface area contributed by atoms with E-state index in [1.807, 2.05) is 25.1 Å². The molecule has 11 nitrogen and oxygen atoms in total. The Morgan fingerprint density at radius 1 is 0.909 bits per heavy atom. The summed E-state index contributed by atoms with van der Waals surface area (Å²) < 4.78 is 9.69. The van der Waals surface area contributed by atoms with Crippen LogP contribution in [0.25, 0.3) is 0 Å². The molecule has 0 aromatic heterocycles. The smallest absolute Gasteiger partial charge is 0.407 e. The number of methoxy groups -OCH3 is 1. The summed E-state index contributed by atoms with van der Waals surface area (Å²) in [6, 6.07) is 7.25. The average Bonchev–Trinajstić information content (AvgIpc) is 2.82. The lowest BCUT2D eigenvalue weighted by Crippen LogP contribution is -2.53. The molecule has 0 fully saturated rings. The van der Waals surface area contributed by atoms with E-state index < -0.39 is 48.4 Å². The second kappa shape index (κ2) is 14.4. The van der Waals surface area contributed by atoms with Gasteiger partial charge in [0.15, 0.2) is 0 Å². The van der Waals surface area contributed by atoms with Gasteiger partial charge in [-0.25, -0.2) is 9.59 Å². The standard InChI is InChI=1S/C22H32N4O7/c1-5-14(2)19(21(30)32-4)26-20(29)15(3)25-18(28)12-23-17(27)11-24-22(31)33-13-16-9-7-6-8-10-16/h6-10,14-15,19H,5,11-13H2,1-4H3,(H,23,27)(H,24,31)(H,25,28)(H,26,29)/t14-,15-,19-/m0/s1. The zero-order valence-electron chi connectivity index (χ0n) is 19.3. The van der Waals surface area contributed by atoms with Crippen LogP contribution in [0, 0.1) is 5.92 Å². The molecular weight excluding hydrogens is 432 g/mol. The van der Waals surface area contributed by atoms with Gasteiger partial charge in [0.25, 0.3) is 0 Å². The summed E-state index contributed by atoms with van der Waals surface area (Å²) in [5.41, 5.74) is 0.800. The van der Waals surface area contributed by atoms with Crippen LogP contribution in [0.3, 0.4) is 0 Å². The molecule has 0 saturated heterocycles. The van der Waals surface area contributed by atoms with Crippen molar-refractivity contribution in [2.45, 2.75) is 45.9 Å². The van der Waals surface area contributed by atoms with Crippen LogP contribution in [0.4, 0.5) is 4.79 Å². The SMILES string of the molecule is CC[C@H](C)[C@H](NC(=O)[C@H](C)NC(=O)CNC(=O)CNC(=O)OCc1ccccc1)C(=O)OC. The highest BCUT2D eigenvalue weighted by Crippen LogP contribution is 2.09. The molecule has 0 unspecified atom stereocenters. The lowest BCUT2D eigenvalue weighted by atomic mass is 9.99. The van der Waals surface area contributed by atoms with E-state index in [1.165, 1.54) is 14.0 Å². The van der Waals surface area contributed by atoms with Crippen LogP contribution in [-0.4, -0.2) is 62.1 Å². The van der Waals surface area contributed by atoms with Gasteiger partial charge in [0, 0.05) is 0 Å². The molecule has 0 saturated carbocycles. The molecule has 1 aromatic carbocycles. The lowest BCUT2D eigenvalue weighted by Gasteiger charge is -2.24. The number of nitrogens with one attached hydrogen (secondary N) is 4. The van der Waals surface area contributed by atoms with E-state index in [0.29, 0.717) is 6.42 Å². The van der Waals surface area contributed by atoms with Crippen LogP contribution in [0.2, 0.25) is 0 Å². The zero-order valence-corrected chi connectivity index (χ0v) is 19.3. The van der Waals surface area contributed by atoms with Gasteiger partial charge in [-0.15, -0.1) is 0 Å². The van der Waals surface area contributed by atoms with Gasteiger partial charge in [0.05, 0.1) is 13.7 Å². The number of carbonyl (C=O) groups excluding carboxylic acids is 5. The number of ether oxygens (including phenoxy) is 2. The first kappa shape index (κ1) is 27.4. The minimum absolute atomic E-state index is 0.0600. The molecule has 11 heteroatoms. The number of esters is 1. The Hall–Kier alpha value is -3.63. The van der Waals surface area contributed by atoms with Gasteiger partial charge in [-0.05, 0) is 18.4 Å². The van der Waals surface area contributed by atoms with E-state index in [9.17, 15) is 24.0 Å². The molecule has 0 aliphatic carbocycles. The molecule has 4 N–H and O–H groups in total. The highest BCUT2D eigenvalue weighted by molar-refractivity contribution is 5.92. The highest BCUT2D eigenvalue weighted by atomic mass is 16.5. The van der Waals surface area contributed by atoms with Crippen LogP contribution < -0.4 is 21.3 Å². The van der Waals surface area contributed by atoms with Crippen LogP contribution in [0.5, 0.6) is 0 Å². The van der Waals surface area contributed by atoms with E-state index >= 15 is 0 Å². The molecule has 0 spiro atoms. The van der Waals surface area contributed by atoms with Crippen LogP contribution >= 0.6 is 0 Å². The first-order valence-corrected chi connectivity index (χ1v) is 10.6. The Morgan fingerprint density at radius 3 is 2.15 bits per heavy atom. The van der Waals surface area contributed by atoms with Crippen LogP contribution in [-0.2, 0) is 35.3 Å². The molecule has 0 bridgehead atoms.